The van der Waals surface area contributed by atoms with Crippen LogP contribution in [0.5, 0.6) is 0 Å². The minimum atomic E-state index is -0.460. The molecular weight excluding hydrogens is 242 g/mol. The van der Waals surface area contributed by atoms with Crippen LogP contribution in [0.1, 0.15) is 59.8 Å². The molecule has 0 aromatic rings. The lowest BCUT2D eigenvalue weighted by atomic mass is 10.0. The molecule has 5 nitrogen and oxygen atoms in total. The first-order valence-corrected chi connectivity index (χ1v) is 7.35. The smallest absolute Gasteiger partial charge is 0.422 e. The van der Waals surface area contributed by atoms with Gasteiger partial charge >= 0.3 is 6.09 Å². The van der Waals surface area contributed by atoms with Crippen LogP contribution in [0, 0.1) is 0 Å². The van der Waals surface area contributed by atoms with Crippen LogP contribution in [0.3, 0.4) is 0 Å². The van der Waals surface area contributed by atoms with Gasteiger partial charge in [0.05, 0.1) is 0 Å². The maximum absolute atomic E-state index is 11.5. The Kier molecular flexibility index (Phi) is 6.58. The zero-order chi connectivity index (χ0) is 14.3. The summed E-state index contributed by atoms with van der Waals surface area (Å²) in [6.07, 6.45) is 5.70. The first-order valence-electron chi connectivity index (χ1n) is 7.35. The van der Waals surface area contributed by atoms with E-state index < -0.39 is 11.7 Å². The largest absolute Gasteiger partial charge is 0.443 e. The molecule has 0 spiro atoms. The molecule has 1 amide bonds. The molecule has 112 valence electrons. The highest BCUT2D eigenvalue weighted by atomic mass is 16.6. The molecule has 1 rings (SSSR count). The van der Waals surface area contributed by atoms with Crippen LogP contribution in [0.4, 0.5) is 4.79 Å². The summed E-state index contributed by atoms with van der Waals surface area (Å²) in [7, 11) is 0. The predicted molar refractivity (Wildman–Crippen MR) is 76.8 cm³/mol. The second kappa shape index (κ2) is 7.70. The SMILES string of the molecule is CC(CC1CCCCCN1)NNC(=O)OC(C)(C)C. The number of amides is 1. The van der Waals surface area contributed by atoms with E-state index in [4.69, 9.17) is 4.74 Å². The van der Waals surface area contributed by atoms with Crippen molar-refractivity contribution in [1.82, 2.24) is 16.2 Å². The van der Waals surface area contributed by atoms with E-state index in [1.54, 1.807) is 0 Å². The fourth-order valence-corrected chi connectivity index (χ4v) is 2.27. The fourth-order valence-electron chi connectivity index (χ4n) is 2.27. The molecule has 1 heterocycles. The van der Waals surface area contributed by atoms with Gasteiger partial charge in [-0.25, -0.2) is 10.2 Å². The van der Waals surface area contributed by atoms with Crippen molar-refractivity contribution >= 4 is 6.09 Å². The molecule has 0 saturated carbocycles. The van der Waals surface area contributed by atoms with Crippen molar-refractivity contribution in [3.05, 3.63) is 0 Å². The summed E-state index contributed by atoms with van der Waals surface area (Å²) in [5.41, 5.74) is 5.15. The topological polar surface area (TPSA) is 62.4 Å². The van der Waals surface area contributed by atoms with Gasteiger partial charge in [0.2, 0.25) is 0 Å². The Bertz CT molecular complexity index is 268. The molecule has 0 bridgehead atoms. The first kappa shape index (κ1) is 16.2. The van der Waals surface area contributed by atoms with Crippen LogP contribution >= 0.6 is 0 Å². The third-order valence-corrected chi connectivity index (χ3v) is 3.12. The third-order valence-electron chi connectivity index (χ3n) is 3.12. The van der Waals surface area contributed by atoms with Crippen LogP contribution in [0.25, 0.3) is 0 Å². The van der Waals surface area contributed by atoms with Gasteiger partial charge in [0, 0.05) is 12.1 Å². The van der Waals surface area contributed by atoms with Gasteiger partial charge < -0.3 is 10.1 Å². The summed E-state index contributed by atoms with van der Waals surface area (Å²) in [6, 6.07) is 0.772. The van der Waals surface area contributed by atoms with E-state index in [-0.39, 0.29) is 6.04 Å². The summed E-state index contributed by atoms with van der Waals surface area (Å²) >= 11 is 0. The molecule has 0 aromatic carbocycles. The number of carbonyl (C=O) groups excluding carboxylic acids is 1. The lowest BCUT2D eigenvalue weighted by molar-refractivity contribution is 0.0487. The van der Waals surface area contributed by atoms with Crippen LogP contribution in [0.15, 0.2) is 0 Å². The molecule has 1 aliphatic rings. The average Bonchev–Trinajstić information content (AvgIpc) is 2.53. The van der Waals surface area contributed by atoms with E-state index in [1.165, 1.54) is 25.7 Å². The number of hydrogen-bond donors (Lipinski definition) is 3. The Morgan fingerprint density at radius 2 is 2.11 bits per heavy atom. The van der Waals surface area contributed by atoms with Crippen LogP contribution < -0.4 is 16.2 Å². The quantitative estimate of drug-likeness (QED) is 0.687. The summed E-state index contributed by atoms with van der Waals surface area (Å²) in [6.45, 7) is 8.74. The van der Waals surface area contributed by atoms with Crippen molar-refractivity contribution in [1.29, 1.82) is 0 Å². The molecule has 0 aliphatic carbocycles. The Hall–Kier alpha value is -0.810. The Morgan fingerprint density at radius 3 is 2.79 bits per heavy atom. The van der Waals surface area contributed by atoms with Gasteiger partial charge in [-0.15, -0.1) is 0 Å². The highest BCUT2D eigenvalue weighted by Gasteiger charge is 2.18. The van der Waals surface area contributed by atoms with Crippen LogP contribution in [0.2, 0.25) is 0 Å². The molecular formula is C14H29N3O2. The average molecular weight is 271 g/mol. The summed E-state index contributed by atoms with van der Waals surface area (Å²) in [5, 5.41) is 3.55. The maximum atomic E-state index is 11.5. The minimum Gasteiger partial charge on any atom is -0.443 e. The summed E-state index contributed by atoms with van der Waals surface area (Å²) in [5.74, 6) is 0. The first-order chi connectivity index (χ1) is 8.87. The van der Waals surface area contributed by atoms with Crippen molar-refractivity contribution in [3.63, 3.8) is 0 Å². The number of nitrogens with one attached hydrogen (secondary N) is 3. The van der Waals surface area contributed by atoms with E-state index in [1.807, 2.05) is 20.8 Å². The van der Waals surface area contributed by atoms with E-state index in [0.717, 1.165) is 13.0 Å². The Labute approximate surface area is 116 Å². The lowest BCUT2D eigenvalue weighted by Crippen LogP contribution is -2.47. The molecule has 2 atom stereocenters. The lowest BCUT2D eigenvalue weighted by Gasteiger charge is -2.23. The van der Waals surface area contributed by atoms with Gasteiger partial charge in [-0.2, -0.15) is 0 Å². The van der Waals surface area contributed by atoms with Crippen LogP contribution in [-0.2, 0) is 4.74 Å². The second-order valence-electron chi connectivity index (χ2n) is 6.41. The highest BCUT2D eigenvalue weighted by Crippen LogP contribution is 2.12. The number of hydrazine groups is 1. The molecule has 3 N–H and O–H groups in total. The minimum absolute atomic E-state index is 0.225. The van der Waals surface area contributed by atoms with Gasteiger partial charge in [0.25, 0.3) is 0 Å². The van der Waals surface area contributed by atoms with E-state index in [9.17, 15) is 4.79 Å². The van der Waals surface area contributed by atoms with Crippen molar-refractivity contribution < 1.29 is 9.53 Å². The number of ether oxygens (including phenoxy) is 1. The standard InChI is InChI=1S/C14H29N3O2/c1-11(10-12-8-6-5-7-9-15-12)16-17-13(18)19-14(2,3)4/h11-12,15-16H,5-10H2,1-4H3,(H,17,18). The van der Waals surface area contributed by atoms with Crippen molar-refractivity contribution in [2.45, 2.75) is 77.5 Å². The monoisotopic (exact) mass is 271 g/mol. The predicted octanol–water partition coefficient (Wildman–Crippen LogP) is 2.33. The van der Waals surface area contributed by atoms with Gasteiger partial charge in [-0.3, -0.25) is 5.43 Å². The fraction of sp³-hybridized carbons (Fsp3) is 0.929. The molecule has 1 fully saturated rings. The van der Waals surface area contributed by atoms with Gasteiger partial charge in [0.1, 0.15) is 5.60 Å². The zero-order valence-electron chi connectivity index (χ0n) is 12.7. The molecule has 1 aliphatic heterocycles. The third kappa shape index (κ3) is 8.06. The van der Waals surface area contributed by atoms with Gasteiger partial charge in [-0.1, -0.05) is 12.8 Å². The van der Waals surface area contributed by atoms with E-state index >= 15 is 0 Å². The second-order valence-corrected chi connectivity index (χ2v) is 6.41. The van der Waals surface area contributed by atoms with E-state index in [0.29, 0.717) is 6.04 Å². The zero-order valence-corrected chi connectivity index (χ0v) is 12.7. The molecule has 1 saturated heterocycles. The van der Waals surface area contributed by atoms with Gasteiger partial charge in [-0.05, 0) is 53.5 Å². The van der Waals surface area contributed by atoms with Crippen molar-refractivity contribution in [3.8, 4) is 0 Å². The molecule has 19 heavy (non-hydrogen) atoms. The Balaban J connectivity index is 2.19. The molecule has 2 unspecified atom stereocenters. The van der Waals surface area contributed by atoms with Crippen LogP contribution in [-0.4, -0.2) is 30.3 Å². The number of carbonyl (C=O) groups is 1. The molecule has 0 aromatic heterocycles. The number of rotatable bonds is 4. The van der Waals surface area contributed by atoms with Crippen molar-refractivity contribution in [2.75, 3.05) is 6.54 Å². The van der Waals surface area contributed by atoms with E-state index in [2.05, 4.69) is 23.1 Å². The maximum Gasteiger partial charge on any atom is 0.422 e. The Morgan fingerprint density at radius 1 is 1.37 bits per heavy atom. The van der Waals surface area contributed by atoms with Crippen molar-refractivity contribution in [2.24, 2.45) is 0 Å². The summed E-state index contributed by atoms with van der Waals surface area (Å²) in [4.78, 5) is 11.5. The number of hydrogen-bond acceptors (Lipinski definition) is 4. The van der Waals surface area contributed by atoms with Gasteiger partial charge in [0.15, 0.2) is 0 Å². The molecule has 0 radical (unpaired) electrons. The highest BCUT2D eigenvalue weighted by molar-refractivity contribution is 5.66. The molecule has 5 heteroatoms. The summed E-state index contributed by atoms with van der Waals surface area (Å²) < 4.78 is 5.17. The normalized spacial score (nSPS) is 22.4.